The molecule has 0 amide bonds. The molecule has 0 N–H and O–H groups in total. The van der Waals surface area contributed by atoms with Crippen LogP contribution in [0, 0.1) is 0 Å². The standard InChI is InChI=1S/C21H22O4/c1-23-19-13-12-16(14-20(19)24-2)17-10-6-7-11-18(17)25-21(22)15-8-4-3-5-9-15/h3-5,8-10,12-14,18H,6-7,11H2,1-2H3. The number of methoxy groups -OCH3 is 2. The van der Waals surface area contributed by atoms with Gasteiger partial charge in [-0.15, -0.1) is 0 Å². The van der Waals surface area contributed by atoms with Crippen LogP contribution >= 0.6 is 0 Å². The van der Waals surface area contributed by atoms with Crippen molar-refractivity contribution in [3.05, 3.63) is 65.7 Å². The van der Waals surface area contributed by atoms with Crippen molar-refractivity contribution in [1.29, 1.82) is 0 Å². The first-order valence-electron chi connectivity index (χ1n) is 8.41. The maximum absolute atomic E-state index is 12.4. The number of benzene rings is 2. The lowest BCUT2D eigenvalue weighted by Crippen LogP contribution is -2.22. The largest absolute Gasteiger partial charge is 0.493 e. The molecule has 0 radical (unpaired) electrons. The van der Waals surface area contributed by atoms with E-state index in [-0.39, 0.29) is 12.1 Å². The maximum Gasteiger partial charge on any atom is 0.338 e. The molecule has 0 bridgehead atoms. The van der Waals surface area contributed by atoms with Gasteiger partial charge in [0.1, 0.15) is 6.10 Å². The lowest BCUT2D eigenvalue weighted by Gasteiger charge is -2.25. The van der Waals surface area contributed by atoms with E-state index in [1.165, 1.54) is 0 Å². The van der Waals surface area contributed by atoms with Crippen molar-refractivity contribution in [1.82, 2.24) is 0 Å². The van der Waals surface area contributed by atoms with E-state index < -0.39 is 0 Å². The fraction of sp³-hybridized carbons (Fsp3) is 0.286. The lowest BCUT2D eigenvalue weighted by atomic mass is 9.90. The monoisotopic (exact) mass is 338 g/mol. The Kier molecular flexibility index (Phi) is 5.39. The van der Waals surface area contributed by atoms with Gasteiger partial charge in [0.15, 0.2) is 11.5 Å². The first-order valence-corrected chi connectivity index (χ1v) is 8.41. The minimum absolute atomic E-state index is 0.250. The zero-order valence-electron chi connectivity index (χ0n) is 14.5. The summed E-state index contributed by atoms with van der Waals surface area (Å²) >= 11 is 0. The van der Waals surface area contributed by atoms with Crippen LogP contribution in [0.5, 0.6) is 11.5 Å². The summed E-state index contributed by atoms with van der Waals surface area (Å²) in [6.07, 6.45) is 4.69. The highest BCUT2D eigenvalue weighted by molar-refractivity contribution is 5.90. The fourth-order valence-electron chi connectivity index (χ4n) is 3.06. The Hall–Kier alpha value is -2.75. The van der Waals surface area contributed by atoms with Gasteiger partial charge in [-0.2, -0.15) is 0 Å². The quantitative estimate of drug-likeness (QED) is 0.753. The van der Waals surface area contributed by atoms with Crippen LogP contribution in [0.2, 0.25) is 0 Å². The summed E-state index contributed by atoms with van der Waals surface area (Å²) in [7, 11) is 3.23. The smallest absolute Gasteiger partial charge is 0.338 e. The Morgan fingerprint density at radius 1 is 1.00 bits per heavy atom. The molecule has 3 rings (SSSR count). The highest BCUT2D eigenvalue weighted by atomic mass is 16.5. The van der Waals surface area contributed by atoms with Crippen molar-refractivity contribution in [2.45, 2.75) is 25.4 Å². The second-order valence-electron chi connectivity index (χ2n) is 5.92. The molecule has 4 heteroatoms. The van der Waals surface area contributed by atoms with E-state index in [0.29, 0.717) is 17.1 Å². The Labute approximate surface area is 148 Å². The van der Waals surface area contributed by atoms with Gasteiger partial charge >= 0.3 is 5.97 Å². The molecule has 4 nitrogen and oxygen atoms in total. The summed E-state index contributed by atoms with van der Waals surface area (Å²) in [6, 6.07) is 14.9. The molecular weight excluding hydrogens is 316 g/mol. The van der Waals surface area contributed by atoms with E-state index in [2.05, 4.69) is 6.08 Å². The summed E-state index contributed by atoms with van der Waals surface area (Å²) in [6.45, 7) is 0. The molecule has 0 fully saturated rings. The highest BCUT2D eigenvalue weighted by Crippen LogP contribution is 2.35. The molecule has 2 aromatic rings. The van der Waals surface area contributed by atoms with Gasteiger partial charge in [-0.05, 0) is 54.7 Å². The molecule has 0 saturated carbocycles. The van der Waals surface area contributed by atoms with Gasteiger partial charge in [-0.1, -0.05) is 30.3 Å². The fourth-order valence-corrected chi connectivity index (χ4v) is 3.06. The second-order valence-corrected chi connectivity index (χ2v) is 5.92. The van der Waals surface area contributed by atoms with E-state index in [1.54, 1.807) is 26.4 Å². The van der Waals surface area contributed by atoms with Crippen LogP contribution in [0.25, 0.3) is 5.57 Å². The number of hydrogen-bond donors (Lipinski definition) is 0. The van der Waals surface area contributed by atoms with Crippen LogP contribution in [0.4, 0.5) is 0 Å². The molecule has 0 aromatic heterocycles. The van der Waals surface area contributed by atoms with E-state index in [0.717, 1.165) is 30.4 Å². The van der Waals surface area contributed by atoms with Crippen LogP contribution in [0.15, 0.2) is 54.6 Å². The van der Waals surface area contributed by atoms with Crippen molar-refractivity contribution >= 4 is 11.5 Å². The number of rotatable bonds is 5. The molecule has 1 atom stereocenters. The maximum atomic E-state index is 12.4. The zero-order valence-corrected chi connectivity index (χ0v) is 14.5. The van der Waals surface area contributed by atoms with Gasteiger partial charge in [0.25, 0.3) is 0 Å². The van der Waals surface area contributed by atoms with Crippen molar-refractivity contribution in [3.8, 4) is 11.5 Å². The number of allylic oxidation sites excluding steroid dienone is 1. The molecule has 130 valence electrons. The number of carbonyl (C=O) groups excluding carboxylic acids is 1. The third-order valence-corrected chi connectivity index (χ3v) is 4.36. The van der Waals surface area contributed by atoms with Gasteiger partial charge in [-0.25, -0.2) is 4.79 Å². The molecule has 0 heterocycles. The summed E-state index contributed by atoms with van der Waals surface area (Å²) < 4.78 is 16.5. The summed E-state index contributed by atoms with van der Waals surface area (Å²) in [4.78, 5) is 12.4. The Bertz CT molecular complexity index is 765. The number of ether oxygens (including phenoxy) is 3. The SMILES string of the molecule is COc1ccc(C2=CCCCC2OC(=O)c2ccccc2)cc1OC. The van der Waals surface area contributed by atoms with E-state index in [9.17, 15) is 4.79 Å². The average molecular weight is 338 g/mol. The van der Waals surface area contributed by atoms with Crippen LogP contribution in [-0.2, 0) is 4.74 Å². The van der Waals surface area contributed by atoms with Crippen LogP contribution < -0.4 is 9.47 Å². The highest BCUT2D eigenvalue weighted by Gasteiger charge is 2.24. The molecule has 1 aliphatic carbocycles. The van der Waals surface area contributed by atoms with E-state index in [4.69, 9.17) is 14.2 Å². The normalized spacial score (nSPS) is 16.7. The molecule has 1 unspecified atom stereocenters. The van der Waals surface area contributed by atoms with Crippen molar-refractivity contribution < 1.29 is 19.0 Å². The molecule has 25 heavy (non-hydrogen) atoms. The Morgan fingerprint density at radius 2 is 1.76 bits per heavy atom. The first-order chi connectivity index (χ1) is 12.2. The van der Waals surface area contributed by atoms with Gasteiger partial charge in [0.05, 0.1) is 19.8 Å². The van der Waals surface area contributed by atoms with Crippen molar-refractivity contribution in [3.63, 3.8) is 0 Å². The Morgan fingerprint density at radius 3 is 2.48 bits per heavy atom. The van der Waals surface area contributed by atoms with Crippen molar-refractivity contribution in [2.75, 3.05) is 14.2 Å². The average Bonchev–Trinajstić information content (AvgIpc) is 2.68. The topological polar surface area (TPSA) is 44.8 Å². The number of hydrogen-bond acceptors (Lipinski definition) is 4. The molecule has 2 aromatic carbocycles. The number of carbonyl (C=O) groups is 1. The molecule has 0 saturated heterocycles. The van der Waals surface area contributed by atoms with E-state index >= 15 is 0 Å². The number of esters is 1. The summed E-state index contributed by atoms with van der Waals surface area (Å²) in [5.41, 5.74) is 2.58. The Balaban J connectivity index is 1.84. The second kappa shape index (κ2) is 7.88. The predicted octanol–water partition coefficient (Wildman–Crippen LogP) is 4.50. The van der Waals surface area contributed by atoms with Gasteiger partial charge in [0, 0.05) is 0 Å². The molecule has 1 aliphatic rings. The van der Waals surface area contributed by atoms with Gasteiger partial charge < -0.3 is 14.2 Å². The lowest BCUT2D eigenvalue weighted by molar-refractivity contribution is 0.0389. The van der Waals surface area contributed by atoms with Gasteiger partial charge in [-0.3, -0.25) is 0 Å². The van der Waals surface area contributed by atoms with Crippen molar-refractivity contribution in [2.24, 2.45) is 0 Å². The minimum atomic E-state index is -0.293. The van der Waals surface area contributed by atoms with Crippen LogP contribution in [0.1, 0.15) is 35.2 Å². The zero-order chi connectivity index (χ0) is 17.6. The molecule has 0 spiro atoms. The van der Waals surface area contributed by atoms with Crippen LogP contribution in [0.3, 0.4) is 0 Å². The summed E-state index contributed by atoms with van der Waals surface area (Å²) in [5, 5.41) is 0. The predicted molar refractivity (Wildman–Crippen MR) is 97.0 cm³/mol. The summed E-state index contributed by atoms with van der Waals surface area (Å²) in [5.74, 6) is 1.05. The molecular formula is C21H22O4. The minimum Gasteiger partial charge on any atom is -0.493 e. The van der Waals surface area contributed by atoms with Gasteiger partial charge in [0.2, 0.25) is 0 Å². The van der Waals surface area contributed by atoms with Crippen LogP contribution in [-0.4, -0.2) is 26.3 Å². The third-order valence-electron chi connectivity index (χ3n) is 4.36. The third kappa shape index (κ3) is 3.85. The van der Waals surface area contributed by atoms with E-state index in [1.807, 2.05) is 36.4 Å². The first kappa shape index (κ1) is 17.1. The molecule has 0 aliphatic heterocycles.